The van der Waals surface area contributed by atoms with Gasteiger partial charge in [-0.15, -0.1) is 0 Å². The molecule has 0 unspecified atom stereocenters. The van der Waals surface area contributed by atoms with Crippen LogP contribution in [0.2, 0.25) is 0 Å². The zero-order chi connectivity index (χ0) is 14.7. The summed E-state index contributed by atoms with van der Waals surface area (Å²) in [6, 6.07) is 1.86. The SMILES string of the molecule is CCCNCCCCS(=O)(=O)NCCCn1cccn1. The molecule has 116 valence electrons. The standard InChI is InChI=1S/C13H26N4O2S/c1-2-7-14-8-3-4-13-20(18,19)16-10-6-12-17-11-5-9-15-17/h5,9,11,14,16H,2-4,6-8,10,12-13H2,1H3. The number of rotatable bonds is 12. The Morgan fingerprint density at radius 1 is 1.15 bits per heavy atom. The number of aryl methyl sites for hydroxylation is 1. The molecule has 0 aliphatic carbocycles. The number of nitrogens with one attached hydrogen (secondary N) is 2. The van der Waals surface area contributed by atoms with Crippen molar-refractivity contribution in [1.82, 2.24) is 19.8 Å². The minimum absolute atomic E-state index is 0.211. The van der Waals surface area contributed by atoms with Crippen LogP contribution >= 0.6 is 0 Å². The molecule has 0 atom stereocenters. The fraction of sp³-hybridized carbons (Fsp3) is 0.769. The second-order valence-corrected chi connectivity index (χ2v) is 6.72. The lowest BCUT2D eigenvalue weighted by Crippen LogP contribution is -2.28. The third kappa shape index (κ3) is 8.29. The Labute approximate surface area is 122 Å². The second-order valence-electron chi connectivity index (χ2n) is 4.79. The van der Waals surface area contributed by atoms with Gasteiger partial charge in [0, 0.05) is 25.5 Å². The van der Waals surface area contributed by atoms with Crippen LogP contribution in [0.4, 0.5) is 0 Å². The largest absolute Gasteiger partial charge is 0.317 e. The molecule has 1 rings (SSSR count). The van der Waals surface area contributed by atoms with Crippen LogP contribution < -0.4 is 10.0 Å². The highest BCUT2D eigenvalue weighted by Crippen LogP contribution is 1.95. The van der Waals surface area contributed by atoms with Crippen molar-refractivity contribution >= 4 is 10.0 Å². The number of aromatic nitrogens is 2. The molecule has 0 amide bonds. The lowest BCUT2D eigenvalue weighted by molar-refractivity contribution is 0.549. The first-order valence-electron chi connectivity index (χ1n) is 7.29. The van der Waals surface area contributed by atoms with Crippen molar-refractivity contribution in [2.75, 3.05) is 25.4 Å². The van der Waals surface area contributed by atoms with Crippen molar-refractivity contribution in [3.05, 3.63) is 18.5 Å². The van der Waals surface area contributed by atoms with Crippen molar-refractivity contribution < 1.29 is 8.42 Å². The van der Waals surface area contributed by atoms with Gasteiger partial charge >= 0.3 is 0 Å². The molecule has 7 heteroatoms. The molecule has 20 heavy (non-hydrogen) atoms. The molecule has 6 nitrogen and oxygen atoms in total. The van der Waals surface area contributed by atoms with Crippen LogP contribution in [-0.2, 0) is 16.6 Å². The molecule has 0 aromatic carbocycles. The van der Waals surface area contributed by atoms with Gasteiger partial charge in [0.1, 0.15) is 0 Å². The summed E-state index contributed by atoms with van der Waals surface area (Å²) in [4.78, 5) is 0. The van der Waals surface area contributed by atoms with E-state index in [0.717, 1.165) is 38.9 Å². The molecule has 1 heterocycles. The van der Waals surface area contributed by atoms with Crippen LogP contribution in [0.15, 0.2) is 18.5 Å². The highest BCUT2D eigenvalue weighted by atomic mass is 32.2. The van der Waals surface area contributed by atoms with E-state index in [1.165, 1.54) is 0 Å². The van der Waals surface area contributed by atoms with Crippen LogP contribution in [0.3, 0.4) is 0 Å². The summed E-state index contributed by atoms with van der Waals surface area (Å²) >= 11 is 0. The zero-order valence-electron chi connectivity index (χ0n) is 12.2. The molecule has 0 saturated carbocycles. The molecule has 0 radical (unpaired) electrons. The number of hydrogen-bond acceptors (Lipinski definition) is 4. The molecular formula is C13H26N4O2S. The van der Waals surface area contributed by atoms with Gasteiger partial charge in [0.05, 0.1) is 5.75 Å². The summed E-state index contributed by atoms with van der Waals surface area (Å²) < 4.78 is 27.9. The van der Waals surface area contributed by atoms with Gasteiger partial charge in [-0.25, -0.2) is 13.1 Å². The highest BCUT2D eigenvalue weighted by molar-refractivity contribution is 7.89. The van der Waals surface area contributed by atoms with Crippen LogP contribution in [0.5, 0.6) is 0 Å². The first-order valence-corrected chi connectivity index (χ1v) is 8.95. The van der Waals surface area contributed by atoms with Crippen LogP contribution in [0.1, 0.15) is 32.6 Å². The second kappa shape index (κ2) is 9.90. The average molecular weight is 302 g/mol. The molecular weight excluding hydrogens is 276 g/mol. The molecule has 0 fully saturated rings. The number of sulfonamides is 1. The minimum atomic E-state index is -3.12. The van der Waals surface area contributed by atoms with Crippen molar-refractivity contribution in [1.29, 1.82) is 0 Å². The summed E-state index contributed by atoms with van der Waals surface area (Å²) in [5.74, 6) is 0.211. The predicted octanol–water partition coefficient (Wildman–Crippen LogP) is 0.972. The Kier molecular flexibility index (Phi) is 8.48. The van der Waals surface area contributed by atoms with Crippen molar-refractivity contribution in [2.24, 2.45) is 0 Å². The summed E-state index contributed by atoms with van der Waals surface area (Å²) in [6.45, 7) is 5.21. The predicted molar refractivity (Wildman–Crippen MR) is 81.0 cm³/mol. The van der Waals surface area contributed by atoms with Gasteiger partial charge in [-0.05, 0) is 44.8 Å². The molecule has 0 bridgehead atoms. The Bertz CT molecular complexity index is 431. The van der Waals surface area contributed by atoms with Crippen molar-refractivity contribution in [2.45, 2.75) is 39.2 Å². The van der Waals surface area contributed by atoms with E-state index in [-0.39, 0.29) is 5.75 Å². The molecule has 0 saturated heterocycles. The third-order valence-electron chi connectivity index (χ3n) is 2.89. The van der Waals surface area contributed by atoms with Gasteiger partial charge in [-0.1, -0.05) is 6.92 Å². The molecule has 1 aromatic rings. The van der Waals surface area contributed by atoms with E-state index < -0.39 is 10.0 Å². The topological polar surface area (TPSA) is 76.0 Å². The van der Waals surface area contributed by atoms with Crippen LogP contribution in [0.25, 0.3) is 0 Å². The van der Waals surface area contributed by atoms with Gasteiger partial charge in [0.25, 0.3) is 0 Å². The summed E-state index contributed by atoms with van der Waals surface area (Å²) in [5.41, 5.74) is 0. The van der Waals surface area contributed by atoms with E-state index in [4.69, 9.17) is 0 Å². The zero-order valence-corrected chi connectivity index (χ0v) is 13.0. The van der Waals surface area contributed by atoms with E-state index in [0.29, 0.717) is 13.0 Å². The third-order valence-corrected chi connectivity index (χ3v) is 4.36. The maximum absolute atomic E-state index is 11.7. The van der Waals surface area contributed by atoms with Gasteiger partial charge in [0.2, 0.25) is 10.0 Å². The first kappa shape index (κ1) is 17.1. The number of nitrogens with zero attached hydrogens (tertiary/aromatic N) is 2. The Morgan fingerprint density at radius 3 is 2.70 bits per heavy atom. The van der Waals surface area contributed by atoms with Gasteiger partial charge in [-0.3, -0.25) is 4.68 Å². The monoisotopic (exact) mass is 302 g/mol. The van der Waals surface area contributed by atoms with Gasteiger partial charge in [0.15, 0.2) is 0 Å². The Hall–Kier alpha value is -0.920. The van der Waals surface area contributed by atoms with E-state index >= 15 is 0 Å². The first-order chi connectivity index (χ1) is 9.64. The van der Waals surface area contributed by atoms with Crippen LogP contribution in [-0.4, -0.2) is 43.6 Å². The minimum Gasteiger partial charge on any atom is -0.317 e. The van der Waals surface area contributed by atoms with Gasteiger partial charge in [-0.2, -0.15) is 5.10 Å². The Balaban J connectivity index is 2.03. The summed E-state index contributed by atoms with van der Waals surface area (Å²) in [7, 11) is -3.12. The normalized spacial score (nSPS) is 11.8. The van der Waals surface area contributed by atoms with Crippen molar-refractivity contribution in [3.8, 4) is 0 Å². The maximum Gasteiger partial charge on any atom is 0.211 e. The van der Waals surface area contributed by atoms with E-state index in [1.54, 1.807) is 10.9 Å². The lowest BCUT2D eigenvalue weighted by atomic mass is 10.3. The summed E-state index contributed by atoms with van der Waals surface area (Å²) in [6.07, 6.45) is 7.04. The molecule has 0 aliphatic rings. The summed E-state index contributed by atoms with van der Waals surface area (Å²) in [5, 5.41) is 7.33. The lowest BCUT2D eigenvalue weighted by Gasteiger charge is -2.07. The van der Waals surface area contributed by atoms with Gasteiger partial charge < -0.3 is 5.32 Å². The fourth-order valence-electron chi connectivity index (χ4n) is 1.82. The van der Waals surface area contributed by atoms with E-state index in [2.05, 4.69) is 22.1 Å². The van der Waals surface area contributed by atoms with E-state index in [1.807, 2.05) is 12.3 Å². The average Bonchev–Trinajstić information content (AvgIpc) is 2.92. The Morgan fingerprint density at radius 2 is 2.00 bits per heavy atom. The number of unbranched alkanes of at least 4 members (excludes halogenated alkanes) is 1. The van der Waals surface area contributed by atoms with Crippen molar-refractivity contribution in [3.63, 3.8) is 0 Å². The van der Waals surface area contributed by atoms with Crippen LogP contribution in [0, 0.1) is 0 Å². The highest BCUT2D eigenvalue weighted by Gasteiger charge is 2.08. The molecule has 0 aliphatic heterocycles. The maximum atomic E-state index is 11.7. The molecule has 2 N–H and O–H groups in total. The quantitative estimate of drug-likeness (QED) is 0.564. The molecule has 0 spiro atoms. The van der Waals surface area contributed by atoms with E-state index in [9.17, 15) is 8.42 Å². The smallest absolute Gasteiger partial charge is 0.211 e. The number of hydrogen-bond donors (Lipinski definition) is 2. The molecule has 1 aromatic heterocycles. The fourth-order valence-corrected chi connectivity index (χ4v) is 3.00.